The highest BCUT2D eigenvalue weighted by atomic mass is 16.4. The Kier molecular flexibility index (Phi) is 4.51. The first-order valence-corrected chi connectivity index (χ1v) is 8.44. The number of benzene rings is 4. The molecule has 4 aromatic carbocycles. The predicted octanol–water partition coefficient (Wildman–Crippen LogP) is 3.91. The van der Waals surface area contributed by atoms with E-state index in [9.17, 15) is 0 Å². The molecule has 3 heteroatoms. The van der Waals surface area contributed by atoms with Gasteiger partial charge in [0.2, 0.25) is 0 Å². The number of rotatable bonds is 5. The molecule has 0 fully saturated rings. The van der Waals surface area contributed by atoms with Crippen molar-refractivity contribution in [3.8, 4) is 11.1 Å². The highest BCUT2D eigenvalue weighted by Crippen LogP contribution is 2.35. The van der Waals surface area contributed by atoms with Crippen LogP contribution in [-0.2, 0) is 4.65 Å². The van der Waals surface area contributed by atoms with Crippen molar-refractivity contribution in [2.75, 3.05) is 13.2 Å². The molecule has 0 aliphatic heterocycles. The number of hydrogen-bond donors (Lipinski definition) is 1. The SMILES string of the molecule is OCCO[B]c1c2ccccc2c(-c2ccccc2)c2ccccc12. The summed E-state index contributed by atoms with van der Waals surface area (Å²) in [6.07, 6.45) is 0. The fraction of sp³-hybridized carbons (Fsp3) is 0.0909. The average Bonchev–Trinajstić information content (AvgIpc) is 2.68. The molecule has 1 N–H and O–H groups in total. The standard InChI is InChI=1S/C22H18BO2/c24-14-15-25-23-22-19-12-6-4-10-17(19)21(16-8-2-1-3-9-16)18-11-5-7-13-20(18)22/h1-13,24H,14-15H2. The van der Waals surface area contributed by atoms with Crippen LogP contribution in [0.5, 0.6) is 0 Å². The minimum Gasteiger partial charge on any atom is -0.432 e. The summed E-state index contributed by atoms with van der Waals surface area (Å²) in [5.74, 6) is 0. The van der Waals surface area contributed by atoms with Gasteiger partial charge in [-0.15, -0.1) is 0 Å². The summed E-state index contributed by atoms with van der Waals surface area (Å²) in [5, 5.41) is 13.7. The van der Waals surface area contributed by atoms with Gasteiger partial charge in [-0.3, -0.25) is 0 Å². The van der Waals surface area contributed by atoms with E-state index in [1.807, 2.05) is 6.07 Å². The number of aliphatic hydroxyl groups excluding tert-OH is 1. The number of fused-ring (bicyclic) bond motifs is 2. The van der Waals surface area contributed by atoms with Gasteiger partial charge in [0.1, 0.15) is 0 Å². The first-order chi connectivity index (χ1) is 12.4. The summed E-state index contributed by atoms with van der Waals surface area (Å²) in [4.78, 5) is 0. The molecule has 0 spiro atoms. The molecule has 25 heavy (non-hydrogen) atoms. The van der Waals surface area contributed by atoms with Crippen molar-refractivity contribution in [3.63, 3.8) is 0 Å². The van der Waals surface area contributed by atoms with Crippen molar-refractivity contribution in [1.82, 2.24) is 0 Å². The third-order valence-electron chi connectivity index (χ3n) is 4.45. The second kappa shape index (κ2) is 7.10. The van der Waals surface area contributed by atoms with Gasteiger partial charge in [-0.05, 0) is 38.1 Å². The zero-order valence-electron chi connectivity index (χ0n) is 13.9. The lowest BCUT2D eigenvalue weighted by molar-refractivity contribution is 0.209. The molecular formula is C22H18BO2. The van der Waals surface area contributed by atoms with Gasteiger partial charge in [-0.1, -0.05) is 78.9 Å². The van der Waals surface area contributed by atoms with Crippen molar-refractivity contribution in [2.24, 2.45) is 0 Å². The van der Waals surface area contributed by atoms with E-state index in [0.717, 1.165) is 16.2 Å². The van der Waals surface area contributed by atoms with Crippen molar-refractivity contribution in [2.45, 2.75) is 0 Å². The molecule has 0 aliphatic rings. The first kappa shape index (κ1) is 15.9. The molecule has 0 saturated heterocycles. The average molecular weight is 325 g/mol. The predicted molar refractivity (Wildman–Crippen MR) is 105 cm³/mol. The molecular weight excluding hydrogens is 307 g/mol. The normalized spacial score (nSPS) is 11.1. The lowest BCUT2D eigenvalue weighted by atomic mass is 9.77. The molecule has 0 amide bonds. The fourth-order valence-electron chi connectivity index (χ4n) is 3.40. The fourth-order valence-corrected chi connectivity index (χ4v) is 3.40. The van der Waals surface area contributed by atoms with Crippen LogP contribution in [0.2, 0.25) is 0 Å². The summed E-state index contributed by atoms with van der Waals surface area (Å²) in [7, 11) is 1.77. The molecule has 0 unspecified atom stereocenters. The van der Waals surface area contributed by atoms with Crippen LogP contribution in [0, 0.1) is 0 Å². The first-order valence-electron chi connectivity index (χ1n) is 8.44. The van der Waals surface area contributed by atoms with E-state index in [1.54, 1.807) is 7.48 Å². The van der Waals surface area contributed by atoms with Crippen molar-refractivity contribution >= 4 is 34.5 Å². The van der Waals surface area contributed by atoms with Crippen LogP contribution >= 0.6 is 0 Å². The van der Waals surface area contributed by atoms with Crippen molar-refractivity contribution in [3.05, 3.63) is 78.9 Å². The second-order valence-corrected chi connectivity index (χ2v) is 5.96. The Morgan fingerprint density at radius 1 is 0.680 bits per heavy atom. The quantitative estimate of drug-likeness (QED) is 0.342. The lowest BCUT2D eigenvalue weighted by Crippen LogP contribution is -2.21. The van der Waals surface area contributed by atoms with Crippen LogP contribution in [0.15, 0.2) is 78.9 Å². The zero-order valence-corrected chi connectivity index (χ0v) is 13.9. The van der Waals surface area contributed by atoms with Crippen LogP contribution < -0.4 is 5.46 Å². The third kappa shape index (κ3) is 2.93. The summed E-state index contributed by atoms with van der Waals surface area (Å²) < 4.78 is 5.56. The van der Waals surface area contributed by atoms with Crippen molar-refractivity contribution < 1.29 is 9.76 Å². The molecule has 0 bridgehead atoms. The van der Waals surface area contributed by atoms with Gasteiger partial charge in [0.05, 0.1) is 13.2 Å². The Morgan fingerprint density at radius 3 is 1.76 bits per heavy atom. The Bertz CT molecular complexity index is 955. The summed E-state index contributed by atoms with van der Waals surface area (Å²) in [6.45, 7) is 0.303. The molecule has 0 atom stereocenters. The maximum atomic E-state index is 9.02. The molecule has 2 nitrogen and oxygen atoms in total. The van der Waals surface area contributed by atoms with Crippen LogP contribution in [0.25, 0.3) is 32.7 Å². The summed E-state index contributed by atoms with van der Waals surface area (Å²) >= 11 is 0. The summed E-state index contributed by atoms with van der Waals surface area (Å²) in [5.41, 5.74) is 3.50. The Hall–Kier alpha value is -2.62. The summed E-state index contributed by atoms with van der Waals surface area (Å²) in [6, 6.07) is 27.3. The molecule has 4 rings (SSSR count). The Labute approximate surface area is 148 Å². The van der Waals surface area contributed by atoms with Crippen molar-refractivity contribution in [1.29, 1.82) is 0 Å². The van der Waals surface area contributed by atoms with Crippen LogP contribution in [0.1, 0.15) is 0 Å². The smallest absolute Gasteiger partial charge is 0.331 e. The zero-order chi connectivity index (χ0) is 17.1. The molecule has 0 saturated carbocycles. The van der Waals surface area contributed by atoms with Gasteiger partial charge in [-0.2, -0.15) is 0 Å². The Balaban J connectivity index is 2.06. The monoisotopic (exact) mass is 325 g/mol. The van der Waals surface area contributed by atoms with Gasteiger partial charge in [-0.25, -0.2) is 0 Å². The Morgan fingerprint density at radius 2 is 1.20 bits per heavy atom. The molecule has 4 aromatic rings. The lowest BCUT2D eigenvalue weighted by Gasteiger charge is -2.16. The number of aliphatic hydroxyl groups is 1. The highest BCUT2D eigenvalue weighted by Gasteiger charge is 2.15. The molecule has 0 heterocycles. The largest absolute Gasteiger partial charge is 0.432 e. The third-order valence-corrected chi connectivity index (χ3v) is 4.45. The molecule has 0 aliphatic carbocycles. The van der Waals surface area contributed by atoms with Gasteiger partial charge < -0.3 is 9.76 Å². The minimum absolute atomic E-state index is 0.00840. The van der Waals surface area contributed by atoms with Gasteiger partial charge in [0.25, 0.3) is 0 Å². The van der Waals surface area contributed by atoms with Crippen LogP contribution in [0.4, 0.5) is 0 Å². The maximum absolute atomic E-state index is 9.02. The van der Waals surface area contributed by atoms with E-state index in [4.69, 9.17) is 9.76 Å². The van der Waals surface area contributed by atoms with E-state index in [2.05, 4.69) is 72.8 Å². The van der Waals surface area contributed by atoms with E-state index in [0.29, 0.717) is 6.61 Å². The number of hydrogen-bond acceptors (Lipinski definition) is 2. The molecule has 121 valence electrons. The van der Waals surface area contributed by atoms with Gasteiger partial charge >= 0.3 is 7.48 Å². The minimum atomic E-state index is 0.00840. The molecule has 1 radical (unpaired) electrons. The van der Waals surface area contributed by atoms with E-state index >= 15 is 0 Å². The van der Waals surface area contributed by atoms with E-state index < -0.39 is 0 Å². The second-order valence-electron chi connectivity index (χ2n) is 5.96. The van der Waals surface area contributed by atoms with Crippen LogP contribution in [-0.4, -0.2) is 25.8 Å². The van der Waals surface area contributed by atoms with Gasteiger partial charge in [0.15, 0.2) is 0 Å². The topological polar surface area (TPSA) is 29.5 Å². The van der Waals surface area contributed by atoms with Gasteiger partial charge in [0, 0.05) is 0 Å². The van der Waals surface area contributed by atoms with E-state index in [1.165, 1.54) is 21.9 Å². The molecule has 0 aromatic heterocycles. The van der Waals surface area contributed by atoms with E-state index in [-0.39, 0.29) is 6.61 Å². The van der Waals surface area contributed by atoms with Crippen LogP contribution in [0.3, 0.4) is 0 Å². The maximum Gasteiger partial charge on any atom is 0.331 e. The highest BCUT2D eigenvalue weighted by molar-refractivity contribution is 6.56.